The van der Waals surface area contributed by atoms with E-state index >= 15 is 0 Å². The van der Waals surface area contributed by atoms with Crippen molar-refractivity contribution in [1.82, 2.24) is 4.57 Å². The molecular formula is C22H28N2O4. The van der Waals surface area contributed by atoms with E-state index in [9.17, 15) is 9.59 Å². The minimum absolute atomic E-state index is 0.127. The van der Waals surface area contributed by atoms with Gasteiger partial charge in [-0.05, 0) is 63.4 Å². The second-order valence-electron chi connectivity index (χ2n) is 7.56. The Kier molecular flexibility index (Phi) is 6.07. The van der Waals surface area contributed by atoms with Crippen LogP contribution in [0.1, 0.15) is 65.5 Å². The molecule has 0 radical (unpaired) electrons. The van der Waals surface area contributed by atoms with Crippen LogP contribution in [-0.4, -0.2) is 28.2 Å². The number of hydrogen-bond donors (Lipinski definition) is 2. The number of aromatic nitrogens is 1. The average molecular weight is 384 g/mol. The molecule has 0 saturated heterocycles. The average Bonchev–Trinajstić information content (AvgIpc) is 2.97. The molecule has 0 unspecified atom stereocenters. The molecule has 2 N–H and O–H groups in total. The van der Waals surface area contributed by atoms with E-state index in [1.807, 2.05) is 19.9 Å². The maximum atomic E-state index is 12.9. The summed E-state index contributed by atoms with van der Waals surface area (Å²) < 4.78 is 7.51. The summed E-state index contributed by atoms with van der Waals surface area (Å²) in [6, 6.07) is 7.59. The first kappa shape index (κ1) is 20.0. The third-order valence-electron chi connectivity index (χ3n) is 5.48. The van der Waals surface area contributed by atoms with Gasteiger partial charge in [-0.2, -0.15) is 0 Å². The van der Waals surface area contributed by atoms with Gasteiger partial charge in [0, 0.05) is 23.1 Å². The van der Waals surface area contributed by atoms with Crippen LogP contribution in [0.25, 0.3) is 0 Å². The number of benzene rings is 1. The number of ether oxygens (including phenoxy) is 1. The number of anilines is 1. The van der Waals surface area contributed by atoms with Crippen molar-refractivity contribution in [3.05, 3.63) is 46.8 Å². The minimum Gasteiger partial charge on any atom is -0.482 e. The van der Waals surface area contributed by atoms with Gasteiger partial charge in [0.05, 0.1) is 5.56 Å². The Morgan fingerprint density at radius 1 is 1.14 bits per heavy atom. The summed E-state index contributed by atoms with van der Waals surface area (Å²) in [5.41, 5.74) is 4.35. The van der Waals surface area contributed by atoms with E-state index in [1.54, 1.807) is 18.2 Å². The van der Waals surface area contributed by atoms with Crippen molar-refractivity contribution in [2.24, 2.45) is 0 Å². The second kappa shape index (κ2) is 8.50. The van der Waals surface area contributed by atoms with Crippen LogP contribution in [0, 0.1) is 20.8 Å². The Morgan fingerprint density at radius 2 is 1.86 bits per heavy atom. The van der Waals surface area contributed by atoms with Crippen LogP contribution in [-0.2, 0) is 4.79 Å². The summed E-state index contributed by atoms with van der Waals surface area (Å²) in [5, 5.41) is 11.7. The van der Waals surface area contributed by atoms with Crippen LogP contribution in [0.3, 0.4) is 0 Å². The lowest BCUT2D eigenvalue weighted by Crippen LogP contribution is -2.17. The first-order valence-electron chi connectivity index (χ1n) is 9.82. The zero-order valence-electron chi connectivity index (χ0n) is 16.7. The number of nitrogens with zero attached hydrogens (tertiary/aromatic N) is 1. The summed E-state index contributed by atoms with van der Waals surface area (Å²) in [7, 11) is 0. The van der Waals surface area contributed by atoms with Gasteiger partial charge in [-0.1, -0.05) is 19.3 Å². The lowest BCUT2D eigenvalue weighted by Gasteiger charge is -2.26. The quantitative estimate of drug-likeness (QED) is 0.761. The van der Waals surface area contributed by atoms with Crippen molar-refractivity contribution in [3.8, 4) is 5.75 Å². The van der Waals surface area contributed by atoms with Gasteiger partial charge in [-0.15, -0.1) is 0 Å². The van der Waals surface area contributed by atoms with Crippen LogP contribution >= 0.6 is 0 Å². The molecule has 0 spiro atoms. The largest absolute Gasteiger partial charge is 0.482 e. The van der Waals surface area contributed by atoms with Gasteiger partial charge in [-0.3, -0.25) is 4.79 Å². The van der Waals surface area contributed by atoms with Gasteiger partial charge in [0.1, 0.15) is 5.75 Å². The molecule has 28 heavy (non-hydrogen) atoms. The highest BCUT2D eigenvalue weighted by Crippen LogP contribution is 2.32. The van der Waals surface area contributed by atoms with E-state index in [0.29, 0.717) is 23.0 Å². The first-order valence-corrected chi connectivity index (χ1v) is 9.82. The smallest absolute Gasteiger partial charge is 0.341 e. The highest BCUT2D eigenvalue weighted by atomic mass is 16.5. The summed E-state index contributed by atoms with van der Waals surface area (Å²) in [5.74, 6) is -0.686. The molecule has 1 saturated carbocycles. The van der Waals surface area contributed by atoms with Gasteiger partial charge in [0.25, 0.3) is 5.91 Å². The Hall–Kier alpha value is -2.76. The number of nitrogens with one attached hydrogen (secondary N) is 1. The van der Waals surface area contributed by atoms with Gasteiger partial charge >= 0.3 is 5.97 Å². The number of rotatable bonds is 6. The van der Waals surface area contributed by atoms with Crippen LogP contribution in [0.4, 0.5) is 5.69 Å². The van der Waals surface area contributed by atoms with Crippen molar-refractivity contribution in [2.75, 3.05) is 11.9 Å². The van der Waals surface area contributed by atoms with Crippen molar-refractivity contribution in [1.29, 1.82) is 0 Å². The van der Waals surface area contributed by atoms with Crippen molar-refractivity contribution in [3.63, 3.8) is 0 Å². The molecular weight excluding hydrogens is 356 g/mol. The zero-order chi connectivity index (χ0) is 20.3. The number of aliphatic carboxylic acids is 1. The van der Waals surface area contributed by atoms with Crippen LogP contribution in [0.2, 0.25) is 0 Å². The van der Waals surface area contributed by atoms with E-state index < -0.39 is 12.6 Å². The van der Waals surface area contributed by atoms with E-state index in [-0.39, 0.29) is 5.91 Å². The van der Waals surface area contributed by atoms with Gasteiger partial charge in [0.15, 0.2) is 6.61 Å². The Balaban J connectivity index is 1.75. The summed E-state index contributed by atoms with van der Waals surface area (Å²) in [4.78, 5) is 23.5. The molecule has 1 aromatic carbocycles. The van der Waals surface area contributed by atoms with Crippen molar-refractivity contribution in [2.45, 2.75) is 58.9 Å². The fourth-order valence-corrected chi connectivity index (χ4v) is 4.11. The fourth-order valence-electron chi connectivity index (χ4n) is 4.11. The SMILES string of the molecule is Cc1cc(OCC(=O)O)ccc1NC(=O)c1cc(C)n(C2CCCCC2)c1C. The molecule has 6 nitrogen and oxygen atoms in total. The van der Waals surface area contributed by atoms with E-state index in [1.165, 1.54) is 32.1 Å². The lowest BCUT2D eigenvalue weighted by atomic mass is 9.95. The van der Waals surface area contributed by atoms with Crippen molar-refractivity contribution < 1.29 is 19.4 Å². The molecule has 1 fully saturated rings. The molecule has 2 aromatic rings. The monoisotopic (exact) mass is 384 g/mol. The molecule has 150 valence electrons. The Morgan fingerprint density at radius 3 is 2.50 bits per heavy atom. The number of hydrogen-bond acceptors (Lipinski definition) is 3. The van der Waals surface area contributed by atoms with E-state index in [2.05, 4.69) is 16.8 Å². The number of carbonyl (C=O) groups excluding carboxylic acids is 1. The number of carbonyl (C=O) groups is 2. The molecule has 1 heterocycles. The summed E-state index contributed by atoms with van der Waals surface area (Å²) >= 11 is 0. The highest BCUT2D eigenvalue weighted by Gasteiger charge is 2.22. The maximum Gasteiger partial charge on any atom is 0.341 e. The highest BCUT2D eigenvalue weighted by molar-refractivity contribution is 6.05. The summed E-state index contributed by atoms with van der Waals surface area (Å²) in [6.07, 6.45) is 6.15. The minimum atomic E-state index is -1.02. The number of carboxylic acids is 1. The van der Waals surface area contributed by atoms with Gasteiger partial charge in [0.2, 0.25) is 0 Å². The van der Waals surface area contributed by atoms with E-state index in [4.69, 9.17) is 9.84 Å². The van der Waals surface area contributed by atoms with Gasteiger partial charge < -0.3 is 19.7 Å². The molecule has 0 atom stereocenters. The number of aryl methyl sites for hydroxylation is 2. The molecule has 3 rings (SSSR count). The Bertz CT molecular complexity index is 879. The molecule has 1 aliphatic rings. The standard InChI is InChI=1S/C22H28N2O4/c1-14-11-18(28-13-21(25)26)9-10-20(14)23-22(27)19-12-15(2)24(16(19)3)17-7-5-4-6-8-17/h9-12,17H,4-8,13H2,1-3H3,(H,23,27)(H,25,26). The molecule has 1 amide bonds. The van der Waals surface area contributed by atoms with Gasteiger partial charge in [-0.25, -0.2) is 4.79 Å². The number of amides is 1. The van der Waals surface area contributed by atoms with Crippen LogP contribution in [0.5, 0.6) is 5.75 Å². The maximum absolute atomic E-state index is 12.9. The second-order valence-corrected chi connectivity index (χ2v) is 7.56. The molecule has 0 aliphatic heterocycles. The first-order chi connectivity index (χ1) is 13.4. The van der Waals surface area contributed by atoms with E-state index in [0.717, 1.165) is 17.0 Å². The molecule has 0 bridgehead atoms. The third kappa shape index (κ3) is 4.38. The molecule has 6 heteroatoms. The molecule has 1 aromatic heterocycles. The Labute approximate surface area is 165 Å². The predicted octanol–water partition coefficient (Wildman–Crippen LogP) is 4.63. The van der Waals surface area contributed by atoms with Crippen LogP contribution in [0.15, 0.2) is 24.3 Å². The molecule has 1 aliphatic carbocycles. The number of carboxylic acid groups (broad SMARTS) is 1. The van der Waals surface area contributed by atoms with Crippen LogP contribution < -0.4 is 10.1 Å². The zero-order valence-corrected chi connectivity index (χ0v) is 16.7. The predicted molar refractivity (Wildman–Crippen MR) is 108 cm³/mol. The fraction of sp³-hybridized carbons (Fsp3) is 0.455. The van der Waals surface area contributed by atoms with Crippen molar-refractivity contribution >= 4 is 17.6 Å². The normalized spacial score (nSPS) is 14.7. The third-order valence-corrected chi connectivity index (χ3v) is 5.48. The summed E-state index contributed by atoms with van der Waals surface area (Å²) in [6.45, 7) is 5.55. The lowest BCUT2D eigenvalue weighted by molar-refractivity contribution is -0.139. The topological polar surface area (TPSA) is 80.6 Å².